The largest absolute Gasteiger partial charge is 0.347 e. The number of aromatic amines is 1. The first-order chi connectivity index (χ1) is 7.40. The van der Waals surface area contributed by atoms with E-state index >= 15 is 0 Å². The van der Waals surface area contributed by atoms with Crippen LogP contribution in [0.3, 0.4) is 0 Å². The van der Waals surface area contributed by atoms with Crippen LogP contribution in [0.25, 0.3) is 0 Å². The maximum atomic E-state index is 5.78. The third kappa shape index (κ3) is 2.79. The standard InChI is InChI=1S/C11H20N4/c12-5-9-3-1-2-4-11(9)14-7-10-6-13-8-15-10/h6,8-9,11,14H,1-5,7,12H2,(H,13,15). The Morgan fingerprint density at radius 2 is 2.33 bits per heavy atom. The van der Waals surface area contributed by atoms with Crippen LogP contribution in [0, 0.1) is 5.92 Å². The van der Waals surface area contributed by atoms with Gasteiger partial charge in [-0.25, -0.2) is 4.98 Å². The summed E-state index contributed by atoms with van der Waals surface area (Å²) in [7, 11) is 0. The zero-order chi connectivity index (χ0) is 10.5. The quantitative estimate of drug-likeness (QED) is 0.692. The summed E-state index contributed by atoms with van der Waals surface area (Å²) in [6.45, 7) is 1.68. The van der Waals surface area contributed by atoms with Gasteiger partial charge >= 0.3 is 0 Å². The van der Waals surface area contributed by atoms with Crippen molar-refractivity contribution >= 4 is 0 Å². The molecule has 0 aliphatic heterocycles. The van der Waals surface area contributed by atoms with Crippen LogP contribution < -0.4 is 11.1 Å². The Kier molecular flexibility index (Phi) is 3.75. The molecule has 84 valence electrons. The first kappa shape index (κ1) is 10.6. The minimum Gasteiger partial charge on any atom is -0.347 e. The number of rotatable bonds is 4. The molecule has 1 saturated carbocycles. The van der Waals surface area contributed by atoms with Gasteiger partial charge in [-0.2, -0.15) is 0 Å². The van der Waals surface area contributed by atoms with Gasteiger partial charge in [-0.3, -0.25) is 0 Å². The molecule has 2 unspecified atom stereocenters. The predicted molar refractivity (Wildman–Crippen MR) is 60.2 cm³/mol. The Hall–Kier alpha value is -0.870. The average Bonchev–Trinajstić information content (AvgIpc) is 2.79. The molecule has 0 bridgehead atoms. The molecular formula is C11H20N4. The van der Waals surface area contributed by atoms with Crippen molar-refractivity contribution in [2.45, 2.75) is 38.3 Å². The van der Waals surface area contributed by atoms with Gasteiger partial charge < -0.3 is 16.0 Å². The van der Waals surface area contributed by atoms with Crippen molar-refractivity contribution in [3.05, 3.63) is 18.2 Å². The lowest BCUT2D eigenvalue weighted by molar-refractivity contribution is 0.266. The number of hydrogen-bond acceptors (Lipinski definition) is 3. The number of H-pyrrole nitrogens is 1. The second kappa shape index (κ2) is 5.28. The number of hydrogen-bond donors (Lipinski definition) is 3. The maximum absolute atomic E-state index is 5.78. The van der Waals surface area contributed by atoms with Crippen LogP contribution >= 0.6 is 0 Å². The van der Waals surface area contributed by atoms with Crippen LogP contribution in [0.2, 0.25) is 0 Å². The van der Waals surface area contributed by atoms with Crippen LogP contribution in [-0.4, -0.2) is 22.6 Å². The second-order valence-corrected chi connectivity index (χ2v) is 4.34. The van der Waals surface area contributed by atoms with Gasteiger partial charge in [0.05, 0.1) is 6.33 Å². The zero-order valence-electron chi connectivity index (χ0n) is 9.08. The molecule has 15 heavy (non-hydrogen) atoms. The van der Waals surface area contributed by atoms with Crippen molar-refractivity contribution in [1.82, 2.24) is 15.3 Å². The number of nitrogens with two attached hydrogens (primary N) is 1. The van der Waals surface area contributed by atoms with Gasteiger partial charge in [0.15, 0.2) is 0 Å². The molecule has 4 nitrogen and oxygen atoms in total. The van der Waals surface area contributed by atoms with Gasteiger partial charge in [0.1, 0.15) is 0 Å². The van der Waals surface area contributed by atoms with Crippen LogP contribution in [0.15, 0.2) is 12.5 Å². The molecule has 1 aliphatic rings. The van der Waals surface area contributed by atoms with E-state index < -0.39 is 0 Å². The molecule has 1 aromatic rings. The highest BCUT2D eigenvalue weighted by molar-refractivity contribution is 4.94. The third-order valence-electron chi connectivity index (χ3n) is 3.32. The van der Waals surface area contributed by atoms with Gasteiger partial charge in [0.25, 0.3) is 0 Å². The average molecular weight is 208 g/mol. The Morgan fingerprint density at radius 3 is 3.07 bits per heavy atom. The zero-order valence-corrected chi connectivity index (χ0v) is 9.08. The molecule has 2 rings (SSSR count). The topological polar surface area (TPSA) is 66.7 Å². The number of imidazole rings is 1. The van der Waals surface area contributed by atoms with E-state index in [0.29, 0.717) is 12.0 Å². The van der Waals surface area contributed by atoms with Gasteiger partial charge in [0, 0.05) is 24.5 Å². The van der Waals surface area contributed by atoms with Crippen LogP contribution in [0.4, 0.5) is 0 Å². The molecule has 0 radical (unpaired) electrons. The molecule has 1 fully saturated rings. The molecule has 2 atom stereocenters. The van der Waals surface area contributed by atoms with E-state index in [1.54, 1.807) is 6.33 Å². The Bertz CT molecular complexity index is 270. The fourth-order valence-electron chi connectivity index (χ4n) is 2.38. The summed E-state index contributed by atoms with van der Waals surface area (Å²) in [5.41, 5.74) is 6.93. The van der Waals surface area contributed by atoms with E-state index in [4.69, 9.17) is 5.73 Å². The van der Waals surface area contributed by atoms with E-state index in [9.17, 15) is 0 Å². The summed E-state index contributed by atoms with van der Waals surface area (Å²) >= 11 is 0. The summed E-state index contributed by atoms with van der Waals surface area (Å²) in [4.78, 5) is 7.11. The lowest BCUT2D eigenvalue weighted by atomic mass is 9.84. The predicted octanol–water partition coefficient (Wildman–Crippen LogP) is 1.02. The van der Waals surface area contributed by atoms with E-state index in [2.05, 4.69) is 15.3 Å². The van der Waals surface area contributed by atoms with Crippen LogP contribution in [0.1, 0.15) is 31.4 Å². The minimum atomic E-state index is 0.590. The fourth-order valence-corrected chi connectivity index (χ4v) is 2.38. The normalized spacial score (nSPS) is 26.7. The van der Waals surface area contributed by atoms with Crippen LogP contribution in [0.5, 0.6) is 0 Å². The smallest absolute Gasteiger partial charge is 0.0922 e. The van der Waals surface area contributed by atoms with Crippen molar-refractivity contribution in [2.75, 3.05) is 6.54 Å². The van der Waals surface area contributed by atoms with E-state index in [0.717, 1.165) is 18.8 Å². The molecule has 4 heteroatoms. The second-order valence-electron chi connectivity index (χ2n) is 4.34. The van der Waals surface area contributed by atoms with Crippen molar-refractivity contribution < 1.29 is 0 Å². The fraction of sp³-hybridized carbons (Fsp3) is 0.727. The SMILES string of the molecule is NCC1CCCCC1NCc1cnc[nH]1. The van der Waals surface area contributed by atoms with Crippen molar-refractivity contribution in [1.29, 1.82) is 0 Å². The van der Waals surface area contributed by atoms with E-state index in [1.165, 1.54) is 25.7 Å². The molecule has 0 saturated heterocycles. The Morgan fingerprint density at radius 1 is 1.47 bits per heavy atom. The lowest BCUT2D eigenvalue weighted by Gasteiger charge is -2.31. The molecule has 4 N–H and O–H groups in total. The lowest BCUT2D eigenvalue weighted by Crippen LogP contribution is -2.41. The molecule has 1 aromatic heterocycles. The minimum absolute atomic E-state index is 0.590. The highest BCUT2D eigenvalue weighted by atomic mass is 15.0. The summed E-state index contributed by atoms with van der Waals surface area (Å²) in [5.74, 6) is 0.654. The van der Waals surface area contributed by atoms with Gasteiger partial charge in [-0.15, -0.1) is 0 Å². The number of nitrogens with one attached hydrogen (secondary N) is 2. The summed E-state index contributed by atoms with van der Waals surface area (Å²) in [5, 5.41) is 3.57. The Balaban J connectivity index is 1.81. The first-order valence-electron chi connectivity index (χ1n) is 5.81. The van der Waals surface area contributed by atoms with Gasteiger partial charge in [-0.1, -0.05) is 12.8 Å². The van der Waals surface area contributed by atoms with Crippen molar-refractivity contribution in [2.24, 2.45) is 11.7 Å². The molecule has 0 amide bonds. The van der Waals surface area contributed by atoms with Crippen molar-refractivity contribution in [3.8, 4) is 0 Å². The molecule has 1 heterocycles. The van der Waals surface area contributed by atoms with Crippen molar-refractivity contribution in [3.63, 3.8) is 0 Å². The maximum Gasteiger partial charge on any atom is 0.0922 e. The first-order valence-corrected chi connectivity index (χ1v) is 5.81. The summed E-state index contributed by atoms with van der Waals surface area (Å²) in [6, 6.07) is 0.590. The molecule has 1 aliphatic carbocycles. The number of nitrogens with zero attached hydrogens (tertiary/aromatic N) is 1. The number of aromatic nitrogens is 2. The monoisotopic (exact) mass is 208 g/mol. The highest BCUT2D eigenvalue weighted by Crippen LogP contribution is 2.23. The van der Waals surface area contributed by atoms with Crippen LogP contribution in [-0.2, 0) is 6.54 Å². The molecule has 0 spiro atoms. The highest BCUT2D eigenvalue weighted by Gasteiger charge is 2.23. The molecule has 0 aromatic carbocycles. The summed E-state index contributed by atoms with van der Waals surface area (Å²) < 4.78 is 0. The van der Waals surface area contributed by atoms with Gasteiger partial charge in [0.2, 0.25) is 0 Å². The molecular weight excluding hydrogens is 188 g/mol. The van der Waals surface area contributed by atoms with E-state index in [-0.39, 0.29) is 0 Å². The van der Waals surface area contributed by atoms with Gasteiger partial charge in [-0.05, 0) is 25.3 Å². The summed E-state index contributed by atoms with van der Waals surface area (Å²) in [6.07, 6.45) is 8.79. The Labute approximate surface area is 90.7 Å². The third-order valence-corrected chi connectivity index (χ3v) is 3.32. The van der Waals surface area contributed by atoms with E-state index in [1.807, 2.05) is 6.20 Å².